The summed E-state index contributed by atoms with van der Waals surface area (Å²) in [7, 11) is 6.45. The van der Waals surface area contributed by atoms with Crippen molar-refractivity contribution in [3.63, 3.8) is 0 Å². The van der Waals surface area contributed by atoms with Crippen LogP contribution >= 0.6 is 0 Å². The van der Waals surface area contributed by atoms with Gasteiger partial charge in [0.2, 0.25) is 5.75 Å². The molecule has 2 atom stereocenters. The Kier molecular flexibility index (Phi) is 7.89. The summed E-state index contributed by atoms with van der Waals surface area (Å²) in [5.41, 5.74) is 5.09. The summed E-state index contributed by atoms with van der Waals surface area (Å²) in [6, 6.07) is 19.2. The van der Waals surface area contributed by atoms with Gasteiger partial charge in [0.05, 0.1) is 40.6 Å². The molecule has 8 nitrogen and oxygen atoms in total. The summed E-state index contributed by atoms with van der Waals surface area (Å²) in [5, 5.41) is 1.10. The van der Waals surface area contributed by atoms with E-state index in [1.807, 2.05) is 62.4 Å². The lowest BCUT2D eigenvalue weighted by molar-refractivity contribution is -0.155. The van der Waals surface area contributed by atoms with Crippen LogP contribution in [0.3, 0.4) is 0 Å². The van der Waals surface area contributed by atoms with E-state index >= 15 is 0 Å². The number of fused-ring (bicyclic) bond motifs is 3. The fourth-order valence-electron chi connectivity index (χ4n) is 5.62. The minimum Gasteiger partial charge on any atom is -0.497 e. The Labute approximate surface area is 234 Å². The highest BCUT2D eigenvalue weighted by atomic mass is 16.5. The van der Waals surface area contributed by atoms with Gasteiger partial charge in [-0.3, -0.25) is 9.69 Å². The number of methoxy groups -OCH3 is 4. The number of rotatable bonds is 9. The molecule has 40 heavy (non-hydrogen) atoms. The van der Waals surface area contributed by atoms with Crippen molar-refractivity contribution in [3.05, 3.63) is 83.0 Å². The summed E-state index contributed by atoms with van der Waals surface area (Å²) in [5.74, 6) is 2.13. The third kappa shape index (κ3) is 5.07. The van der Waals surface area contributed by atoms with Gasteiger partial charge in [-0.15, -0.1) is 0 Å². The van der Waals surface area contributed by atoms with Crippen LogP contribution in [0.2, 0.25) is 0 Å². The Hall–Kier alpha value is -4.17. The molecule has 0 unspecified atom stereocenters. The number of ether oxygens (including phenoxy) is 5. The van der Waals surface area contributed by atoms with Gasteiger partial charge in [0.15, 0.2) is 11.5 Å². The number of hydrogen-bond acceptors (Lipinski definition) is 7. The molecule has 210 valence electrons. The van der Waals surface area contributed by atoms with Crippen molar-refractivity contribution < 1.29 is 28.5 Å². The smallest absolute Gasteiger partial charge is 0.323 e. The normalized spacial score (nSPS) is 17.0. The molecule has 0 saturated heterocycles. The Morgan fingerprint density at radius 1 is 0.925 bits per heavy atom. The van der Waals surface area contributed by atoms with Crippen LogP contribution in [0, 0.1) is 0 Å². The molecule has 0 bridgehead atoms. The topological polar surface area (TPSA) is 82.3 Å². The molecule has 2 heterocycles. The van der Waals surface area contributed by atoms with Crippen LogP contribution < -0.4 is 18.9 Å². The van der Waals surface area contributed by atoms with Gasteiger partial charge in [0, 0.05) is 29.6 Å². The number of H-pyrrole nitrogens is 1. The number of carbonyl (C=O) groups excluding carboxylic acids is 1. The van der Waals surface area contributed by atoms with Crippen molar-refractivity contribution in [3.8, 4) is 23.0 Å². The quantitative estimate of drug-likeness (QED) is 0.272. The molecule has 0 spiro atoms. The maximum atomic E-state index is 13.7. The van der Waals surface area contributed by atoms with Crippen LogP contribution in [-0.4, -0.2) is 56.4 Å². The number of aromatic nitrogens is 1. The zero-order chi connectivity index (χ0) is 28.4. The molecule has 1 aromatic heterocycles. The van der Waals surface area contributed by atoms with Crippen LogP contribution in [0.25, 0.3) is 10.9 Å². The molecule has 4 aromatic rings. The lowest BCUT2D eigenvalue weighted by Crippen LogP contribution is -2.49. The molecule has 8 heteroatoms. The van der Waals surface area contributed by atoms with E-state index in [4.69, 9.17) is 23.7 Å². The monoisotopic (exact) mass is 544 g/mol. The summed E-state index contributed by atoms with van der Waals surface area (Å²) in [6.07, 6.45) is 0.279. The highest BCUT2D eigenvalue weighted by Crippen LogP contribution is 2.46. The van der Waals surface area contributed by atoms with Crippen LogP contribution in [0.1, 0.15) is 42.3 Å². The van der Waals surface area contributed by atoms with Gasteiger partial charge >= 0.3 is 5.97 Å². The first-order valence-electron chi connectivity index (χ1n) is 13.4. The maximum Gasteiger partial charge on any atom is 0.323 e. The molecule has 1 aliphatic heterocycles. The minimum atomic E-state index is -0.528. The van der Waals surface area contributed by atoms with E-state index < -0.39 is 6.04 Å². The van der Waals surface area contributed by atoms with Gasteiger partial charge in [-0.05, 0) is 60.9 Å². The van der Waals surface area contributed by atoms with E-state index in [1.165, 1.54) is 0 Å². The molecular weight excluding hydrogens is 508 g/mol. The Bertz CT molecular complexity index is 1470. The molecule has 0 amide bonds. The summed E-state index contributed by atoms with van der Waals surface area (Å²) >= 11 is 0. The lowest BCUT2D eigenvalue weighted by Gasteiger charge is -2.41. The number of nitrogens with one attached hydrogen (secondary N) is 1. The number of para-hydroxylation sites is 1. The zero-order valence-electron chi connectivity index (χ0n) is 23.8. The molecule has 1 aliphatic rings. The molecule has 0 radical (unpaired) electrons. The number of hydrogen-bond donors (Lipinski definition) is 1. The summed E-state index contributed by atoms with van der Waals surface area (Å²) < 4.78 is 28.3. The number of nitrogens with zero attached hydrogens (tertiary/aromatic N) is 1. The second-order valence-corrected chi connectivity index (χ2v) is 10.1. The Balaban J connectivity index is 1.73. The second kappa shape index (κ2) is 11.5. The van der Waals surface area contributed by atoms with Crippen molar-refractivity contribution in [2.45, 2.75) is 45.0 Å². The molecule has 0 aliphatic carbocycles. The average Bonchev–Trinajstić information content (AvgIpc) is 3.34. The predicted molar refractivity (Wildman–Crippen MR) is 153 cm³/mol. The fourth-order valence-corrected chi connectivity index (χ4v) is 5.62. The van der Waals surface area contributed by atoms with E-state index in [9.17, 15) is 4.79 Å². The maximum absolute atomic E-state index is 13.7. The average molecular weight is 545 g/mol. The van der Waals surface area contributed by atoms with Crippen molar-refractivity contribution in [1.82, 2.24) is 9.88 Å². The highest BCUT2D eigenvalue weighted by molar-refractivity contribution is 5.87. The van der Waals surface area contributed by atoms with E-state index in [0.717, 1.165) is 39.0 Å². The molecule has 0 saturated carbocycles. The summed E-state index contributed by atoms with van der Waals surface area (Å²) in [6.45, 7) is 4.25. The molecule has 3 aromatic carbocycles. The highest BCUT2D eigenvalue weighted by Gasteiger charge is 2.42. The van der Waals surface area contributed by atoms with Crippen molar-refractivity contribution in [1.29, 1.82) is 0 Å². The second-order valence-electron chi connectivity index (χ2n) is 10.1. The molecule has 0 fully saturated rings. The van der Waals surface area contributed by atoms with E-state index in [0.29, 0.717) is 30.2 Å². The first kappa shape index (κ1) is 27.4. The Morgan fingerprint density at radius 2 is 1.60 bits per heavy atom. The van der Waals surface area contributed by atoms with Crippen LogP contribution in [0.5, 0.6) is 23.0 Å². The van der Waals surface area contributed by atoms with E-state index in [1.54, 1.807) is 28.4 Å². The third-order valence-corrected chi connectivity index (χ3v) is 7.40. The van der Waals surface area contributed by atoms with Crippen molar-refractivity contribution >= 4 is 16.9 Å². The minimum absolute atomic E-state index is 0.237. The fraction of sp³-hybridized carbons (Fsp3) is 0.344. The lowest BCUT2D eigenvalue weighted by atomic mass is 9.87. The molecule has 5 rings (SSSR count). The van der Waals surface area contributed by atoms with E-state index in [-0.39, 0.29) is 18.1 Å². The number of benzene rings is 3. The Morgan fingerprint density at radius 3 is 2.20 bits per heavy atom. The van der Waals surface area contributed by atoms with Crippen LogP contribution in [-0.2, 0) is 22.5 Å². The van der Waals surface area contributed by atoms with Gasteiger partial charge in [0.25, 0.3) is 0 Å². The number of aromatic amines is 1. The van der Waals surface area contributed by atoms with E-state index in [2.05, 4.69) is 22.0 Å². The van der Waals surface area contributed by atoms with Gasteiger partial charge in [-0.1, -0.05) is 30.3 Å². The van der Waals surface area contributed by atoms with Crippen LogP contribution in [0.15, 0.2) is 60.7 Å². The number of esters is 1. The summed E-state index contributed by atoms with van der Waals surface area (Å²) in [4.78, 5) is 19.6. The van der Waals surface area contributed by atoms with Crippen LogP contribution in [0.4, 0.5) is 0 Å². The van der Waals surface area contributed by atoms with Crippen molar-refractivity contribution in [2.24, 2.45) is 0 Å². The van der Waals surface area contributed by atoms with Gasteiger partial charge < -0.3 is 28.7 Å². The molecular formula is C32H36N2O6. The van der Waals surface area contributed by atoms with Gasteiger partial charge in [-0.25, -0.2) is 0 Å². The predicted octanol–water partition coefficient (Wildman–Crippen LogP) is 5.67. The molecule has 1 N–H and O–H groups in total. The first-order valence-corrected chi connectivity index (χ1v) is 13.4. The third-order valence-electron chi connectivity index (χ3n) is 7.40. The van der Waals surface area contributed by atoms with Gasteiger partial charge in [-0.2, -0.15) is 0 Å². The van der Waals surface area contributed by atoms with Gasteiger partial charge in [0.1, 0.15) is 11.8 Å². The largest absolute Gasteiger partial charge is 0.497 e. The SMILES string of the molecule is COc1ccc(CN2[C@@H](c3cc(OC)c(OC)c(OC)c3)c3[nH]c4ccccc4c3C[C@H]2C(=O)OC(C)C)cc1. The first-order chi connectivity index (χ1) is 19.4. The number of carbonyl (C=O) groups is 1. The standard InChI is InChI=1S/C32H36N2O6/c1-19(2)40-32(35)26-17-24-23-9-7-8-10-25(23)33-29(24)30(34(26)18-20-11-13-22(36-3)14-12-20)21-15-27(37-4)31(39-6)28(16-21)38-5/h7-16,19,26,30,33H,17-18H2,1-6H3/t26-,30-/m0/s1. The zero-order valence-corrected chi connectivity index (χ0v) is 23.8. The van der Waals surface area contributed by atoms with Crippen molar-refractivity contribution in [2.75, 3.05) is 28.4 Å².